The van der Waals surface area contributed by atoms with E-state index in [1.54, 1.807) is 6.20 Å². The number of carbonyl (C=O) groups is 1. The molecule has 25 heavy (non-hydrogen) atoms. The van der Waals surface area contributed by atoms with Gasteiger partial charge in [0.25, 0.3) is 5.91 Å². The second-order valence-corrected chi connectivity index (χ2v) is 6.37. The van der Waals surface area contributed by atoms with Gasteiger partial charge in [0, 0.05) is 45.5 Å². The van der Waals surface area contributed by atoms with Crippen LogP contribution < -0.4 is 10.2 Å². The van der Waals surface area contributed by atoms with Crippen LogP contribution in [-0.2, 0) is 13.1 Å². The number of aromatic nitrogens is 2. The van der Waals surface area contributed by atoms with Crippen LogP contribution in [0.15, 0.2) is 29.0 Å². The van der Waals surface area contributed by atoms with Gasteiger partial charge in [0.15, 0.2) is 5.69 Å². The molecule has 0 spiro atoms. The molecule has 1 aliphatic heterocycles. The van der Waals surface area contributed by atoms with Crippen molar-refractivity contribution < 1.29 is 14.3 Å². The van der Waals surface area contributed by atoms with E-state index in [1.807, 2.05) is 31.1 Å². The summed E-state index contributed by atoms with van der Waals surface area (Å²) in [4.78, 5) is 24.8. The maximum atomic E-state index is 12.3. The molecule has 0 bridgehead atoms. The molecule has 0 aliphatic carbocycles. The SMILES string of the molecule is CN(C)c1ncccc1CNC(=O)c1coc(CN2CC[C@H](O)C2)n1. The average molecular weight is 345 g/mol. The summed E-state index contributed by atoms with van der Waals surface area (Å²) in [6.45, 7) is 2.27. The van der Waals surface area contributed by atoms with Gasteiger partial charge in [-0.2, -0.15) is 0 Å². The number of carbonyl (C=O) groups excluding carboxylic acids is 1. The van der Waals surface area contributed by atoms with Crippen LogP contribution in [0.3, 0.4) is 0 Å². The van der Waals surface area contributed by atoms with Crippen molar-refractivity contribution in [2.24, 2.45) is 0 Å². The molecule has 0 aromatic carbocycles. The normalized spacial score (nSPS) is 17.6. The Hall–Kier alpha value is -2.45. The molecule has 3 heterocycles. The fraction of sp³-hybridized carbons (Fsp3) is 0.471. The van der Waals surface area contributed by atoms with Crippen molar-refractivity contribution in [3.63, 3.8) is 0 Å². The molecule has 8 nitrogen and oxygen atoms in total. The molecular formula is C17H23N5O3. The van der Waals surface area contributed by atoms with Crippen LogP contribution in [0.5, 0.6) is 0 Å². The highest BCUT2D eigenvalue weighted by Crippen LogP contribution is 2.15. The maximum Gasteiger partial charge on any atom is 0.273 e. The molecule has 3 rings (SSSR count). The molecule has 134 valence electrons. The first-order valence-electron chi connectivity index (χ1n) is 8.27. The predicted octanol–water partition coefficient (Wildman–Crippen LogP) is 0.632. The molecule has 0 unspecified atom stereocenters. The zero-order valence-electron chi connectivity index (χ0n) is 14.5. The standard InChI is InChI=1S/C17H23N5O3/c1-21(2)16-12(4-3-6-18-16)8-19-17(24)14-11-25-15(20-14)10-22-7-5-13(23)9-22/h3-4,6,11,13,23H,5,7-10H2,1-2H3,(H,19,24)/t13-/m0/s1. The summed E-state index contributed by atoms with van der Waals surface area (Å²) in [5, 5.41) is 12.4. The molecule has 8 heteroatoms. The van der Waals surface area contributed by atoms with E-state index in [2.05, 4.69) is 20.2 Å². The number of hydrogen-bond donors (Lipinski definition) is 2. The molecule has 1 atom stereocenters. The lowest BCUT2D eigenvalue weighted by molar-refractivity contribution is 0.0945. The van der Waals surface area contributed by atoms with Crippen LogP contribution in [0.1, 0.15) is 28.4 Å². The highest BCUT2D eigenvalue weighted by molar-refractivity contribution is 5.91. The topological polar surface area (TPSA) is 94.7 Å². The highest BCUT2D eigenvalue weighted by atomic mass is 16.3. The maximum absolute atomic E-state index is 12.3. The molecule has 2 N–H and O–H groups in total. The van der Waals surface area contributed by atoms with Gasteiger partial charge in [0.1, 0.15) is 12.1 Å². The average Bonchev–Trinajstić information content (AvgIpc) is 3.22. The summed E-state index contributed by atoms with van der Waals surface area (Å²) >= 11 is 0. The Labute approximate surface area is 146 Å². The number of rotatable bonds is 6. The van der Waals surface area contributed by atoms with Gasteiger partial charge in [-0.3, -0.25) is 9.69 Å². The van der Waals surface area contributed by atoms with Gasteiger partial charge in [-0.25, -0.2) is 9.97 Å². The Morgan fingerprint density at radius 1 is 1.52 bits per heavy atom. The summed E-state index contributed by atoms with van der Waals surface area (Å²) in [6, 6.07) is 3.77. The minimum absolute atomic E-state index is 0.255. The molecule has 0 radical (unpaired) electrons. The Morgan fingerprint density at radius 2 is 2.36 bits per heavy atom. The molecule has 1 fully saturated rings. The van der Waals surface area contributed by atoms with E-state index in [0.717, 1.165) is 24.3 Å². The lowest BCUT2D eigenvalue weighted by Gasteiger charge is -2.15. The minimum Gasteiger partial charge on any atom is -0.447 e. The Kier molecular flexibility index (Phi) is 5.30. The van der Waals surface area contributed by atoms with Crippen molar-refractivity contribution in [1.29, 1.82) is 0 Å². The third-order valence-electron chi connectivity index (χ3n) is 4.12. The number of aliphatic hydroxyl groups is 1. The van der Waals surface area contributed by atoms with Gasteiger partial charge in [-0.05, 0) is 12.5 Å². The van der Waals surface area contributed by atoms with Crippen molar-refractivity contribution >= 4 is 11.7 Å². The van der Waals surface area contributed by atoms with Crippen LogP contribution in [0.2, 0.25) is 0 Å². The van der Waals surface area contributed by atoms with E-state index in [4.69, 9.17) is 4.42 Å². The number of anilines is 1. The second kappa shape index (κ2) is 7.62. The largest absolute Gasteiger partial charge is 0.447 e. The van der Waals surface area contributed by atoms with Gasteiger partial charge in [0.2, 0.25) is 5.89 Å². The van der Waals surface area contributed by atoms with Crippen molar-refractivity contribution in [2.75, 3.05) is 32.1 Å². The van der Waals surface area contributed by atoms with E-state index < -0.39 is 0 Å². The molecule has 1 amide bonds. The smallest absolute Gasteiger partial charge is 0.273 e. The fourth-order valence-corrected chi connectivity index (χ4v) is 2.87. The van der Waals surface area contributed by atoms with E-state index >= 15 is 0 Å². The summed E-state index contributed by atoms with van der Waals surface area (Å²) in [6.07, 6.45) is 3.56. The molecule has 1 aliphatic rings. The predicted molar refractivity (Wildman–Crippen MR) is 92.1 cm³/mol. The van der Waals surface area contributed by atoms with E-state index in [1.165, 1.54) is 6.26 Å². The van der Waals surface area contributed by atoms with Crippen LogP contribution in [0, 0.1) is 0 Å². The lowest BCUT2D eigenvalue weighted by Crippen LogP contribution is -2.25. The van der Waals surface area contributed by atoms with Gasteiger partial charge in [-0.15, -0.1) is 0 Å². The van der Waals surface area contributed by atoms with Crippen molar-refractivity contribution in [3.8, 4) is 0 Å². The van der Waals surface area contributed by atoms with Gasteiger partial charge in [-0.1, -0.05) is 6.07 Å². The first kappa shape index (κ1) is 17.4. The van der Waals surface area contributed by atoms with Crippen LogP contribution in [-0.4, -0.2) is 59.2 Å². The number of aliphatic hydroxyl groups excluding tert-OH is 1. The summed E-state index contributed by atoms with van der Waals surface area (Å²) < 4.78 is 5.38. The molecule has 2 aromatic heterocycles. The van der Waals surface area contributed by atoms with Crippen LogP contribution in [0.25, 0.3) is 0 Å². The van der Waals surface area contributed by atoms with Gasteiger partial charge < -0.3 is 19.7 Å². The Bertz CT molecular complexity index is 731. The molecule has 0 saturated carbocycles. The van der Waals surface area contributed by atoms with Crippen LogP contribution in [0.4, 0.5) is 5.82 Å². The van der Waals surface area contributed by atoms with Gasteiger partial charge in [0.05, 0.1) is 12.6 Å². The third kappa shape index (κ3) is 4.34. The highest BCUT2D eigenvalue weighted by Gasteiger charge is 2.22. The van der Waals surface area contributed by atoms with Crippen LogP contribution >= 0.6 is 0 Å². The zero-order valence-corrected chi connectivity index (χ0v) is 14.5. The quantitative estimate of drug-likeness (QED) is 0.793. The van der Waals surface area contributed by atoms with Gasteiger partial charge >= 0.3 is 0 Å². The number of β-amino-alcohol motifs (C(OH)–C–C–N with tert-alkyl or cyclic N) is 1. The first-order chi connectivity index (χ1) is 12.0. The van der Waals surface area contributed by atoms with Crippen molar-refractivity contribution in [3.05, 3.63) is 41.7 Å². The lowest BCUT2D eigenvalue weighted by atomic mass is 10.2. The summed E-state index contributed by atoms with van der Waals surface area (Å²) in [7, 11) is 3.82. The van der Waals surface area contributed by atoms with E-state index in [9.17, 15) is 9.90 Å². The fourth-order valence-electron chi connectivity index (χ4n) is 2.87. The monoisotopic (exact) mass is 345 g/mol. The van der Waals surface area contributed by atoms with E-state index in [0.29, 0.717) is 25.5 Å². The molecule has 2 aromatic rings. The number of amides is 1. The number of oxazole rings is 1. The second-order valence-electron chi connectivity index (χ2n) is 6.37. The first-order valence-corrected chi connectivity index (χ1v) is 8.27. The van der Waals surface area contributed by atoms with Crippen molar-refractivity contribution in [1.82, 2.24) is 20.2 Å². The Morgan fingerprint density at radius 3 is 3.08 bits per heavy atom. The molecule has 1 saturated heterocycles. The number of pyridine rings is 1. The number of nitrogens with one attached hydrogen (secondary N) is 1. The zero-order chi connectivity index (χ0) is 17.8. The Balaban J connectivity index is 1.57. The number of likely N-dealkylation sites (tertiary alicyclic amines) is 1. The van der Waals surface area contributed by atoms with Crippen molar-refractivity contribution in [2.45, 2.75) is 25.6 Å². The molecular weight excluding hydrogens is 322 g/mol. The summed E-state index contributed by atoms with van der Waals surface area (Å²) in [5.74, 6) is 1.01. The minimum atomic E-state index is -0.289. The number of nitrogens with zero attached hydrogens (tertiary/aromatic N) is 4. The summed E-state index contributed by atoms with van der Waals surface area (Å²) in [5.41, 5.74) is 1.18. The third-order valence-corrected chi connectivity index (χ3v) is 4.12. The number of hydrogen-bond acceptors (Lipinski definition) is 7. The van der Waals surface area contributed by atoms with E-state index in [-0.39, 0.29) is 17.7 Å².